The number of nitrogens with two attached hydrogens (primary N) is 1. The zero-order valence-electron chi connectivity index (χ0n) is 10.6. The quantitative estimate of drug-likeness (QED) is 0.846. The third-order valence-electron chi connectivity index (χ3n) is 2.64. The van der Waals surface area contributed by atoms with Crippen LogP contribution in [-0.4, -0.2) is 9.97 Å². The summed E-state index contributed by atoms with van der Waals surface area (Å²) in [6.07, 6.45) is 1.43. The molecule has 0 aliphatic heterocycles. The van der Waals surface area contributed by atoms with Crippen molar-refractivity contribution >= 4 is 11.8 Å². The highest BCUT2D eigenvalue weighted by atomic mass is 32.2. The number of nitrogens with zero attached hydrogens (tertiary/aromatic N) is 1. The van der Waals surface area contributed by atoms with E-state index in [9.17, 15) is 9.18 Å². The topological polar surface area (TPSA) is 71.8 Å². The van der Waals surface area contributed by atoms with Gasteiger partial charge in [-0.2, -0.15) is 0 Å². The Kier molecular flexibility index (Phi) is 4.01. The smallest absolute Gasteiger partial charge is 0.251 e. The van der Waals surface area contributed by atoms with Crippen LogP contribution in [0.4, 0.5) is 4.39 Å². The molecule has 6 heteroatoms. The predicted octanol–water partition coefficient (Wildman–Crippen LogP) is 2.39. The zero-order valence-corrected chi connectivity index (χ0v) is 11.4. The van der Waals surface area contributed by atoms with Crippen LogP contribution in [-0.2, 0) is 0 Å². The van der Waals surface area contributed by atoms with Crippen LogP contribution in [0, 0.1) is 12.7 Å². The molecule has 1 aromatic heterocycles. The molecule has 2 aromatic rings. The lowest BCUT2D eigenvalue weighted by Crippen LogP contribution is -2.09. The van der Waals surface area contributed by atoms with Gasteiger partial charge >= 0.3 is 0 Å². The monoisotopic (exact) mass is 279 g/mol. The zero-order chi connectivity index (χ0) is 14.0. The van der Waals surface area contributed by atoms with Crippen LogP contribution in [0.2, 0.25) is 0 Å². The highest BCUT2D eigenvalue weighted by Crippen LogP contribution is 2.32. The molecule has 2 rings (SSSR count). The molecule has 0 bridgehead atoms. The first kappa shape index (κ1) is 13.8. The summed E-state index contributed by atoms with van der Waals surface area (Å²) in [6.45, 7) is 3.47. The first-order chi connectivity index (χ1) is 8.97. The van der Waals surface area contributed by atoms with Crippen LogP contribution >= 0.6 is 11.8 Å². The molecular weight excluding hydrogens is 265 g/mol. The second-order valence-electron chi connectivity index (χ2n) is 4.27. The van der Waals surface area contributed by atoms with Gasteiger partial charge in [0.2, 0.25) is 0 Å². The maximum atomic E-state index is 13.6. The molecule has 3 N–H and O–H groups in total. The molecule has 1 atom stereocenters. The lowest BCUT2D eigenvalue weighted by Gasteiger charge is -2.13. The molecular formula is C13H14FN3OS. The summed E-state index contributed by atoms with van der Waals surface area (Å²) in [7, 11) is 0. The number of benzene rings is 1. The second-order valence-corrected chi connectivity index (χ2v) is 5.30. The Bertz CT molecular complexity index is 655. The number of H-pyrrole nitrogens is 1. The molecule has 0 amide bonds. The molecule has 0 radical (unpaired) electrons. The Balaban J connectivity index is 2.44. The van der Waals surface area contributed by atoms with E-state index in [0.29, 0.717) is 16.3 Å². The average molecular weight is 279 g/mol. The summed E-state index contributed by atoms with van der Waals surface area (Å²) < 4.78 is 13.6. The molecule has 0 spiro atoms. The van der Waals surface area contributed by atoms with Gasteiger partial charge in [0.15, 0.2) is 5.16 Å². The van der Waals surface area contributed by atoms with Crippen LogP contribution in [0.1, 0.15) is 24.1 Å². The Hall–Kier alpha value is -1.66. The normalized spacial score (nSPS) is 12.4. The molecule has 0 saturated carbocycles. The fourth-order valence-electron chi connectivity index (χ4n) is 1.62. The molecule has 0 saturated heterocycles. The van der Waals surface area contributed by atoms with Gasteiger partial charge in [-0.3, -0.25) is 4.79 Å². The van der Waals surface area contributed by atoms with E-state index in [0.717, 1.165) is 4.90 Å². The van der Waals surface area contributed by atoms with Crippen molar-refractivity contribution < 1.29 is 4.39 Å². The lowest BCUT2D eigenvalue weighted by atomic mass is 10.1. The summed E-state index contributed by atoms with van der Waals surface area (Å²) in [6, 6.07) is 4.19. The van der Waals surface area contributed by atoms with Crippen molar-refractivity contribution in [3.05, 3.63) is 51.7 Å². The summed E-state index contributed by atoms with van der Waals surface area (Å²) in [4.78, 5) is 18.7. The number of aromatic nitrogens is 2. The maximum Gasteiger partial charge on any atom is 0.251 e. The second kappa shape index (κ2) is 5.54. The molecule has 0 aliphatic carbocycles. The van der Waals surface area contributed by atoms with Gasteiger partial charge in [-0.15, -0.1) is 0 Å². The highest BCUT2D eigenvalue weighted by molar-refractivity contribution is 7.99. The van der Waals surface area contributed by atoms with E-state index < -0.39 is 0 Å². The molecule has 19 heavy (non-hydrogen) atoms. The van der Waals surface area contributed by atoms with Crippen LogP contribution in [0.3, 0.4) is 0 Å². The van der Waals surface area contributed by atoms with Crippen molar-refractivity contribution in [3.63, 3.8) is 0 Å². The molecule has 0 fully saturated rings. The van der Waals surface area contributed by atoms with Crippen molar-refractivity contribution in [3.8, 4) is 0 Å². The summed E-state index contributed by atoms with van der Waals surface area (Å²) in [5.41, 5.74) is 6.85. The van der Waals surface area contributed by atoms with Gasteiger partial charge in [0.1, 0.15) is 5.82 Å². The van der Waals surface area contributed by atoms with Gasteiger partial charge in [0.25, 0.3) is 5.56 Å². The molecule has 100 valence electrons. The number of hydrogen-bond acceptors (Lipinski definition) is 4. The van der Waals surface area contributed by atoms with Gasteiger partial charge < -0.3 is 10.7 Å². The third-order valence-corrected chi connectivity index (χ3v) is 3.61. The van der Waals surface area contributed by atoms with Crippen molar-refractivity contribution in [2.24, 2.45) is 5.73 Å². The van der Waals surface area contributed by atoms with E-state index in [1.807, 2.05) is 0 Å². The number of hydrogen-bond donors (Lipinski definition) is 2. The van der Waals surface area contributed by atoms with Crippen LogP contribution < -0.4 is 11.3 Å². The minimum absolute atomic E-state index is 0.223. The Morgan fingerprint density at radius 1 is 1.47 bits per heavy atom. The van der Waals surface area contributed by atoms with Gasteiger partial charge in [-0.25, -0.2) is 9.37 Å². The first-order valence-corrected chi connectivity index (χ1v) is 6.58. The van der Waals surface area contributed by atoms with Gasteiger partial charge in [-0.1, -0.05) is 11.8 Å². The van der Waals surface area contributed by atoms with E-state index in [-0.39, 0.29) is 17.4 Å². The molecule has 1 heterocycles. The van der Waals surface area contributed by atoms with Crippen LogP contribution in [0.5, 0.6) is 0 Å². The molecule has 4 nitrogen and oxygen atoms in total. The van der Waals surface area contributed by atoms with E-state index in [2.05, 4.69) is 9.97 Å². The predicted molar refractivity (Wildman–Crippen MR) is 72.7 cm³/mol. The largest absolute Gasteiger partial charge is 0.324 e. The standard InChI is InChI=1S/C13H14FN3OS/c1-7-5-11(9(8(2)15)6-10(7)14)19-13-16-4-3-12(18)17-13/h3-6,8H,15H2,1-2H3,(H,16,17,18). The summed E-state index contributed by atoms with van der Waals surface area (Å²) in [5.74, 6) is -0.286. The Morgan fingerprint density at radius 3 is 2.84 bits per heavy atom. The highest BCUT2D eigenvalue weighted by Gasteiger charge is 2.13. The minimum Gasteiger partial charge on any atom is -0.324 e. The lowest BCUT2D eigenvalue weighted by molar-refractivity contribution is 0.610. The van der Waals surface area contributed by atoms with Gasteiger partial charge in [-0.05, 0) is 37.1 Å². The van der Waals surface area contributed by atoms with Gasteiger partial charge in [0.05, 0.1) is 0 Å². The molecule has 0 aliphatic rings. The number of rotatable bonds is 3. The maximum absolute atomic E-state index is 13.6. The van der Waals surface area contributed by atoms with E-state index >= 15 is 0 Å². The number of aryl methyl sites for hydroxylation is 1. The molecule has 1 aromatic carbocycles. The van der Waals surface area contributed by atoms with Crippen LogP contribution in [0.25, 0.3) is 0 Å². The summed E-state index contributed by atoms with van der Waals surface area (Å²) >= 11 is 1.27. The SMILES string of the molecule is Cc1cc(Sc2nccc(=O)[nH]2)c(C(C)N)cc1F. The van der Waals surface area contributed by atoms with E-state index in [1.165, 1.54) is 30.1 Å². The fourth-order valence-corrected chi connectivity index (χ4v) is 2.69. The Labute approximate surface area is 114 Å². The number of nitrogens with one attached hydrogen (secondary N) is 1. The van der Waals surface area contributed by atoms with E-state index in [1.54, 1.807) is 19.9 Å². The third kappa shape index (κ3) is 3.21. The van der Waals surface area contributed by atoms with Crippen molar-refractivity contribution in [1.82, 2.24) is 9.97 Å². The van der Waals surface area contributed by atoms with Crippen molar-refractivity contribution in [1.29, 1.82) is 0 Å². The summed E-state index contributed by atoms with van der Waals surface area (Å²) in [5, 5.41) is 0.459. The Morgan fingerprint density at radius 2 is 2.21 bits per heavy atom. The van der Waals surface area contributed by atoms with Crippen molar-refractivity contribution in [2.45, 2.75) is 29.9 Å². The van der Waals surface area contributed by atoms with E-state index in [4.69, 9.17) is 5.73 Å². The minimum atomic E-state index is -0.298. The van der Waals surface area contributed by atoms with Gasteiger partial charge in [0, 0.05) is 23.2 Å². The average Bonchev–Trinajstić information content (AvgIpc) is 2.33. The first-order valence-electron chi connectivity index (χ1n) is 5.76. The number of aromatic amines is 1. The molecule has 1 unspecified atom stereocenters. The fraction of sp³-hybridized carbons (Fsp3) is 0.231. The van der Waals surface area contributed by atoms with Crippen LogP contribution in [0.15, 0.2) is 39.2 Å². The van der Waals surface area contributed by atoms with Crippen molar-refractivity contribution in [2.75, 3.05) is 0 Å². The number of halogens is 1.